The summed E-state index contributed by atoms with van der Waals surface area (Å²) in [4.78, 5) is 29.5. The van der Waals surface area contributed by atoms with Gasteiger partial charge in [-0.3, -0.25) is 9.00 Å². The predicted molar refractivity (Wildman–Crippen MR) is 127 cm³/mol. The predicted octanol–water partition coefficient (Wildman–Crippen LogP) is 3.53. The molecule has 0 saturated heterocycles. The summed E-state index contributed by atoms with van der Waals surface area (Å²) in [6.45, 7) is 3.01. The second-order valence-electron chi connectivity index (χ2n) is 7.63. The molecule has 35 heavy (non-hydrogen) atoms. The molecule has 4 atom stereocenters. The highest BCUT2D eigenvalue weighted by Crippen LogP contribution is 2.31. The monoisotopic (exact) mass is 500 g/mol. The lowest BCUT2D eigenvalue weighted by Gasteiger charge is -2.25. The summed E-state index contributed by atoms with van der Waals surface area (Å²) in [5, 5.41) is 11.8. The molecule has 0 aliphatic rings. The topological polar surface area (TPSA) is 115 Å². The standard InChI is InChI=1S/C25H25FN2O6S/c1-15(28-24(30)21-22(29)20(33-3)13-14-27-21)25(31)34-16(2)23(17-7-5-4-6-8-17)35(32)19-11-9-18(26)10-12-19/h4-16,23,29H,1-3H3,(H,28,30)/t15-,16-,23-,35-/m0/s1. The molecule has 0 fully saturated rings. The second-order valence-corrected chi connectivity index (χ2v) is 9.20. The minimum atomic E-state index is -1.68. The number of methoxy groups -OCH3 is 1. The van der Waals surface area contributed by atoms with Crippen molar-refractivity contribution in [3.05, 3.63) is 83.9 Å². The molecular weight excluding hydrogens is 475 g/mol. The number of aromatic nitrogens is 1. The van der Waals surface area contributed by atoms with Crippen molar-refractivity contribution in [2.45, 2.75) is 36.1 Å². The Bertz CT molecular complexity index is 1210. The molecule has 10 heteroatoms. The van der Waals surface area contributed by atoms with Crippen molar-refractivity contribution in [3.8, 4) is 11.5 Å². The van der Waals surface area contributed by atoms with Gasteiger partial charge in [0.05, 0.1) is 17.9 Å². The first-order valence-electron chi connectivity index (χ1n) is 10.7. The van der Waals surface area contributed by atoms with E-state index < -0.39 is 51.6 Å². The van der Waals surface area contributed by atoms with Gasteiger partial charge in [0.25, 0.3) is 5.91 Å². The molecule has 0 unspecified atom stereocenters. The van der Waals surface area contributed by atoms with E-state index in [4.69, 9.17) is 9.47 Å². The number of nitrogens with one attached hydrogen (secondary N) is 1. The van der Waals surface area contributed by atoms with Gasteiger partial charge in [0.15, 0.2) is 17.2 Å². The van der Waals surface area contributed by atoms with E-state index in [2.05, 4.69) is 10.3 Å². The minimum absolute atomic E-state index is 0.0583. The quantitative estimate of drug-likeness (QED) is 0.432. The van der Waals surface area contributed by atoms with E-state index in [1.807, 2.05) is 0 Å². The Labute approximate surface area is 204 Å². The number of hydrogen-bond donors (Lipinski definition) is 2. The molecule has 0 aliphatic carbocycles. The number of halogens is 1. The number of carbonyl (C=O) groups is 2. The van der Waals surface area contributed by atoms with Crippen molar-refractivity contribution in [1.29, 1.82) is 0 Å². The highest BCUT2D eigenvalue weighted by molar-refractivity contribution is 7.85. The van der Waals surface area contributed by atoms with Gasteiger partial charge in [0, 0.05) is 17.2 Å². The summed E-state index contributed by atoms with van der Waals surface area (Å²) in [7, 11) is -0.345. The van der Waals surface area contributed by atoms with Crippen LogP contribution in [-0.4, -0.2) is 45.4 Å². The highest BCUT2D eigenvalue weighted by atomic mass is 32.2. The molecule has 184 valence electrons. The second kappa shape index (κ2) is 11.6. The van der Waals surface area contributed by atoms with Crippen LogP contribution in [0.3, 0.4) is 0 Å². The number of esters is 1. The number of pyridine rings is 1. The lowest BCUT2D eigenvalue weighted by atomic mass is 10.1. The van der Waals surface area contributed by atoms with E-state index in [1.54, 1.807) is 37.3 Å². The Hall–Kier alpha value is -3.79. The molecule has 0 aliphatic heterocycles. The first kappa shape index (κ1) is 25.8. The van der Waals surface area contributed by atoms with Crippen LogP contribution in [0.15, 0.2) is 71.8 Å². The Morgan fingerprint density at radius 3 is 2.34 bits per heavy atom. The Kier molecular flexibility index (Phi) is 8.53. The van der Waals surface area contributed by atoms with Crippen molar-refractivity contribution in [3.63, 3.8) is 0 Å². The normalized spacial score (nSPS) is 14.3. The maximum atomic E-state index is 13.4. The van der Waals surface area contributed by atoms with Gasteiger partial charge in [0.1, 0.15) is 23.2 Å². The highest BCUT2D eigenvalue weighted by Gasteiger charge is 2.31. The molecule has 1 aromatic heterocycles. The van der Waals surface area contributed by atoms with Crippen LogP contribution in [0.4, 0.5) is 4.39 Å². The molecular formula is C25H25FN2O6S. The number of rotatable bonds is 9. The van der Waals surface area contributed by atoms with E-state index in [1.165, 1.54) is 50.6 Å². The van der Waals surface area contributed by atoms with Gasteiger partial charge < -0.3 is 19.9 Å². The summed E-state index contributed by atoms with van der Waals surface area (Å²) in [5.74, 6) is -2.43. The van der Waals surface area contributed by atoms with Gasteiger partial charge >= 0.3 is 5.97 Å². The van der Waals surface area contributed by atoms with E-state index in [9.17, 15) is 23.3 Å². The molecule has 1 heterocycles. The average molecular weight is 501 g/mol. The van der Waals surface area contributed by atoms with Crippen LogP contribution in [-0.2, 0) is 20.3 Å². The molecule has 0 saturated carbocycles. The van der Waals surface area contributed by atoms with E-state index in [0.29, 0.717) is 10.5 Å². The zero-order chi connectivity index (χ0) is 25.5. The molecule has 1 amide bonds. The van der Waals surface area contributed by atoms with Gasteiger partial charge in [-0.25, -0.2) is 14.2 Å². The fourth-order valence-electron chi connectivity index (χ4n) is 3.36. The molecule has 8 nitrogen and oxygen atoms in total. The number of amides is 1. The van der Waals surface area contributed by atoms with Crippen LogP contribution >= 0.6 is 0 Å². The van der Waals surface area contributed by atoms with Crippen LogP contribution < -0.4 is 10.1 Å². The summed E-state index contributed by atoms with van der Waals surface area (Å²) >= 11 is 0. The zero-order valence-electron chi connectivity index (χ0n) is 19.3. The zero-order valence-corrected chi connectivity index (χ0v) is 20.1. The molecule has 3 rings (SSSR count). The molecule has 2 N–H and O–H groups in total. The Morgan fingerprint density at radius 1 is 1.06 bits per heavy atom. The summed E-state index contributed by atoms with van der Waals surface area (Å²) in [5.41, 5.74) is 0.356. The maximum absolute atomic E-state index is 13.4. The maximum Gasteiger partial charge on any atom is 0.328 e. The number of carbonyl (C=O) groups excluding carboxylic acids is 2. The van der Waals surface area contributed by atoms with Crippen LogP contribution in [0.25, 0.3) is 0 Å². The van der Waals surface area contributed by atoms with E-state index in [-0.39, 0.29) is 11.4 Å². The summed E-state index contributed by atoms with van der Waals surface area (Å²) in [6, 6.07) is 14.4. The number of nitrogens with zero attached hydrogens (tertiary/aromatic N) is 1. The molecule has 0 bridgehead atoms. The third kappa shape index (κ3) is 6.21. The third-order valence-corrected chi connectivity index (χ3v) is 7.01. The van der Waals surface area contributed by atoms with Crippen LogP contribution in [0, 0.1) is 5.82 Å². The van der Waals surface area contributed by atoms with Crippen LogP contribution in [0.5, 0.6) is 11.5 Å². The van der Waals surface area contributed by atoms with Crippen molar-refractivity contribution >= 4 is 22.7 Å². The molecule has 0 radical (unpaired) electrons. The smallest absolute Gasteiger partial charge is 0.328 e. The van der Waals surface area contributed by atoms with Gasteiger partial charge in [0.2, 0.25) is 0 Å². The summed E-state index contributed by atoms with van der Waals surface area (Å²) in [6.07, 6.45) is 0.423. The molecule has 0 spiro atoms. The first-order valence-corrected chi connectivity index (χ1v) is 11.9. The van der Waals surface area contributed by atoms with Gasteiger partial charge in [-0.15, -0.1) is 0 Å². The van der Waals surface area contributed by atoms with Crippen molar-refractivity contribution in [2.24, 2.45) is 0 Å². The molecule has 2 aromatic carbocycles. The van der Waals surface area contributed by atoms with Crippen molar-refractivity contribution in [2.75, 3.05) is 7.11 Å². The van der Waals surface area contributed by atoms with E-state index >= 15 is 0 Å². The van der Waals surface area contributed by atoms with Crippen molar-refractivity contribution in [1.82, 2.24) is 10.3 Å². The minimum Gasteiger partial charge on any atom is -0.503 e. The lowest BCUT2D eigenvalue weighted by Crippen LogP contribution is -2.41. The van der Waals surface area contributed by atoms with E-state index in [0.717, 1.165) is 0 Å². The lowest BCUT2D eigenvalue weighted by molar-refractivity contribution is -0.150. The number of hydrogen-bond acceptors (Lipinski definition) is 7. The van der Waals surface area contributed by atoms with Crippen molar-refractivity contribution < 1.29 is 32.8 Å². The van der Waals surface area contributed by atoms with Gasteiger partial charge in [-0.05, 0) is 43.7 Å². The Morgan fingerprint density at radius 2 is 1.71 bits per heavy atom. The largest absolute Gasteiger partial charge is 0.503 e. The first-order chi connectivity index (χ1) is 16.7. The van der Waals surface area contributed by atoms with Crippen LogP contribution in [0.2, 0.25) is 0 Å². The SMILES string of the molecule is COc1ccnc(C(=O)N[C@@H](C)C(=O)O[C@@H](C)[C@@H](c2ccccc2)[S@@](=O)c2ccc(F)cc2)c1O. The molecule has 3 aromatic rings. The number of aromatic hydroxyl groups is 1. The third-order valence-electron chi connectivity index (χ3n) is 5.16. The number of ether oxygens (including phenoxy) is 2. The fourth-order valence-corrected chi connectivity index (χ4v) is 4.87. The van der Waals surface area contributed by atoms with Gasteiger partial charge in [-0.2, -0.15) is 0 Å². The summed E-state index contributed by atoms with van der Waals surface area (Å²) < 4.78 is 37.3. The Balaban J connectivity index is 1.76. The fraction of sp³-hybridized carbons (Fsp3) is 0.240. The number of benzene rings is 2. The van der Waals surface area contributed by atoms with Crippen LogP contribution in [0.1, 0.15) is 35.1 Å². The average Bonchev–Trinajstić information content (AvgIpc) is 2.85. The van der Waals surface area contributed by atoms with Gasteiger partial charge in [-0.1, -0.05) is 30.3 Å².